The smallest absolute Gasteiger partial charge is 0.412 e. The van der Waals surface area contributed by atoms with Gasteiger partial charge in [0.15, 0.2) is 5.78 Å². The highest BCUT2D eigenvalue weighted by Crippen LogP contribution is 2.35. The molecule has 0 aliphatic heterocycles. The molecular formula is C27H34ClN7O4. The molecule has 0 saturated carbocycles. The van der Waals surface area contributed by atoms with Gasteiger partial charge in [-0.2, -0.15) is 0 Å². The van der Waals surface area contributed by atoms with Gasteiger partial charge in [0.1, 0.15) is 5.60 Å². The largest absolute Gasteiger partial charge is 0.444 e. The lowest BCUT2D eigenvalue weighted by Crippen LogP contribution is -2.28. The van der Waals surface area contributed by atoms with Crippen molar-refractivity contribution in [3.63, 3.8) is 0 Å². The van der Waals surface area contributed by atoms with Crippen LogP contribution in [0.4, 0.5) is 21.9 Å². The van der Waals surface area contributed by atoms with Gasteiger partial charge in [-0.05, 0) is 59.1 Å². The summed E-state index contributed by atoms with van der Waals surface area (Å²) >= 11 is 6.41. The zero-order chi connectivity index (χ0) is 28.9. The van der Waals surface area contributed by atoms with Crippen LogP contribution in [0.15, 0.2) is 42.6 Å². The molecule has 11 nitrogen and oxygen atoms in total. The van der Waals surface area contributed by atoms with Gasteiger partial charge in [-0.15, -0.1) is 5.10 Å². The highest BCUT2D eigenvalue weighted by Gasteiger charge is 2.21. The van der Waals surface area contributed by atoms with Gasteiger partial charge in [-0.25, -0.2) is 9.48 Å². The van der Waals surface area contributed by atoms with Crippen molar-refractivity contribution in [3.8, 4) is 5.69 Å². The Bertz CT molecular complexity index is 1360. The minimum Gasteiger partial charge on any atom is -0.444 e. The van der Waals surface area contributed by atoms with Crippen molar-refractivity contribution in [2.24, 2.45) is 0 Å². The fourth-order valence-corrected chi connectivity index (χ4v) is 4.02. The Morgan fingerprint density at radius 3 is 2.36 bits per heavy atom. The Morgan fingerprint density at radius 2 is 1.72 bits per heavy atom. The first-order chi connectivity index (χ1) is 18.2. The van der Waals surface area contributed by atoms with Crippen LogP contribution < -0.4 is 15.5 Å². The summed E-state index contributed by atoms with van der Waals surface area (Å²) in [5, 5.41) is 13.8. The fourth-order valence-electron chi connectivity index (χ4n) is 3.68. The number of Topliss-reactive ketones (excluding diaryl/α,β-unsaturated/α-hetero) is 1. The Morgan fingerprint density at radius 1 is 1.03 bits per heavy atom. The van der Waals surface area contributed by atoms with Gasteiger partial charge in [0, 0.05) is 26.2 Å². The van der Waals surface area contributed by atoms with Crippen LogP contribution >= 0.6 is 11.6 Å². The summed E-state index contributed by atoms with van der Waals surface area (Å²) in [4.78, 5) is 42.1. The molecule has 2 amide bonds. The maximum absolute atomic E-state index is 13.0. The number of ketones is 1. The van der Waals surface area contributed by atoms with E-state index in [0.29, 0.717) is 28.5 Å². The fraction of sp³-hybridized carbons (Fsp3) is 0.370. The molecule has 0 spiro atoms. The van der Waals surface area contributed by atoms with Crippen LogP contribution in [0.1, 0.15) is 43.2 Å². The summed E-state index contributed by atoms with van der Waals surface area (Å²) in [7, 11) is 7.47. The van der Waals surface area contributed by atoms with Crippen LogP contribution in [0.2, 0.25) is 5.02 Å². The minimum absolute atomic E-state index is 0.235. The first-order valence-corrected chi connectivity index (χ1v) is 12.6. The molecule has 12 heteroatoms. The van der Waals surface area contributed by atoms with Crippen molar-refractivity contribution < 1.29 is 19.1 Å². The predicted molar refractivity (Wildman–Crippen MR) is 152 cm³/mol. The number of carbonyl (C=O) groups excluding carboxylic acids is 3. The van der Waals surface area contributed by atoms with Gasteiger partial charge < -0.3 is 19.9 Å². The van der Waals surface area contributed by atoms with Gasteiger partial charge in [-0.1, -0.05) is 28.9 Å². The molecule has 1 aromatic heterocycles. The first-order valence-electron chi connectivity index (χ1n) is 12.2. The summed E-state index contributed by atoms with van der Waals surface area (Å²) in [5.41, 5.74) is 2.28. The monoisotopic (exact) mass is 555 g/mol. The summed E-state index contributed by atoms with van der Waals surface area (Å²) in [6.07, 6.45) is 0.543. The molecule has 0 saturated heterocycles. The van der Waals surface area contributed by atoms with Crippen molar-refractivity contribution in [2.45, 2.75) is 39.3 Å². The summed E-state index contributed by atoms with van der Waals surface area (Å²) in [6.45, 7) is 5.85. The number of ether oxygens (including phenoxy) is 1. The average Bonchev–Trinajstić information content (AvgIpc) is 3.26. The first kappa shape index (κ1) is 29.6. The van der Waals surface area contributed by atoms with E-state index in [9.17, 15) is 14.4 Å². The Kier molecular flexibility index (Phi) is 9.31. The zero-order valence-corrected chi connectivity index (χ0v) is 24.0. The van der Waals surface area contributed by atoms with Crippen LogP contribution in [-0.4, -0.2) is 71.5 Å². The number of halogens is 1. The second kappa shape index (κ2) is 12.3. The third kappa shape index (κ3) is 8.26. The van der Waals surface area contributed by atoms with Crippen molar-refractivity contribution >= 4 is 46.4 Å². The van der Waals surface area contributed by atoms with E-state index in [4.69, 9.17) is 16.3 Å². The maximum Gasteiger partial charge on any atom is 0.412 e. The van der Waals surface area contributed by atoms with E-state index in [1.807, 2.05) is 25.1 Å². The van der Waals surface area contributed by atoms with E-state index in [1.54, 1.807) is 74.9 Å². The van der Waals surface area contributed by atoms with Crippen LogP contribution in [-0.2, 0) is 16.1 Å². The highest BCUT2D eigenvalue weighted by atomic mass is 35.5. The van der Waals surface area contributed by atoms with Gasteiger partial charge >= 0.3 is 6.09 Å². The summed E-state index contributed by atoms with van der Waals surface area (Å²) in [5.74, 6) is -0.957. The number of amides is 2. The van der Waals surface area contributed by atoms with E-state index in [-0.39, 0.29) is 17.2 Å². The molecule has 2 N–H and O–H groups in total. The SMILES string of the molecule is CN(C)Cc1cnnn1-c1cccc(C(=O)CC(=O)Nc2cc(Cl)c(N(C)C)cc2NC(=O)OC(C)(C)C)c1. The predicted octanol–water partition coefficient (Wildman–Crippen LogP) is 4.61. The molecule has 208 valence electrons. The van der Waals surface area contributed by atoms with Crippen molar-refractivity contribution in [1.29, 1.82) is 0 Å². The summed E-state index contributed by atoms with van der Waals surface area (Å²) < 4.78 is 7.00. The van der Waals surface area contributed by atoms with Crippen LogP contribution in [0, 0.1) is 0 Å². The van der Waals surface area contributed by atoms with Gasteiger partial charge in [-0.3, -0.25) is 14.9 Å². The number of nitrogens with one attached hydrogen (secondary N) is 2. The number of anilines is 3. The van der Waals surface area contributed by atoms with Crippen molar-refractivity contribution in [2.75, 3.05) is 43.7 Å². The minimum atomic E-state index is -0.718. The maximum atomic E-state index is 13.0. The van der Waals surface area contributed by atoms with Crippen LogP contribution in [0.3, 0.4) is 0 Å². The van der Waals surface area contributed by atoms with Crippen LogP contribution in [0.5, 0.6) is 0 Å². The van der Waals surface area contributed by atoms with Gasteiger partial charge in [0.25, 0.3) is 0 Å². The molecule has 0 fully saturated rings. The normalized spacial score (nSPS) is 11.3. The van der Waals surface area contributed by atoms with Crippen molar-refractivity contribution in [1.82, 2.24) is 19.9 Å². The topological polar surface area (TPSA) is 122 Å². The second-order valence-corrected chi connectivity index (χ2v) is 10.9. The number of benzene rings is 2. The number of rotatable bonds is 9. The van der Waals surface area contributed by atoms with E-state index < -0.39 is 24.0 Å². The lowest BCUT2D eigenvalue weighted by molar-refractivity contribution is -0.115. The van der Waals surface area contributed by atoms with E-state index in [2.05, 4.69) is 20.9 Å². The summed E-state index contributed by atoms with van der Waals surface area (Å²) in [6, 6.07) is 9.99. The third-order valence-corrected chi connectivity index (χ3v) is 5.61. The number of nitrogens with zero attached hydrogens (tertiary/aromatic N) is 5. The number of hydrogen-bond acceptors (Lipinski definition) is 8. The van der Waals surface area contributed by atoms with Gasteiger partial charge in [0.2, 0.25) is 5.91 Å². The average molecular weight is 556 g/mol. The molecule has 0 bridgehead atoms. The molecule has 0 unspecified atom stereocenters. The molecular weight excluding hydrogens is 522 g/mol. The molecule has 2 aromatic carbocycles. The van der Waals surface area contributed by atoms with E-state index in [1.165, 1.54) is 6.07 Å². The number of aromatic nitrogens is 3. The molecule has 0 atom stereocenters. The Hall–Kier alpha value is -3.96. The molecule has 1 heterocycles. The number of hydrogen-bond donors (Lipinski definition) is 2. The Balaban J connectivity index is 1.79. The molecule has 39 heavy (non-hydrogen) atoms. The van der Waals surface area contributed by atoms with Crippen LogP contribution in [0.25, 0.3) is 5.69 Å². The third-order valence-electron chi connectivity index (χ3n) is 5.31. The Labute approximate surface area is 233 Å². The molecule has 0 radical (unpaired) electrons. The standard InChI is InChI=1S/C27H34ClN7O4/c1-27(2,3)39-26(38)31-22-13-23(34(6)7)20(28)12-21(22)30-25(37)14-24(36)17-9-8-10-18(11-17)35-19(15-29-32-35)16-33(4)5/h8-13,15H,14,16H2,1-7H3,(H,30,37)(H,31,38). The number of carbonyl (C=O) groups is 3. The second-order valence-electron chi connectivity index (χ2n) is 10.4. The molecule has 3 aromatic rings. The van der Waals surface area contributed by atoms with E-state index >= 15 is 0 Å². The highest BCUT2D eigenvalue weighted by molar-refractivity contribution is 6.34. The molecule has 0 aliphatic rings. The lowest BCUT2D eigenvalue weighted by atomic mass is 10.1. The zero-order valence-electron chi connectivity index (χ0n) is 23.2. The lowest BCUT2D eigenvalue weighted by Gasteiger charge is -2.22. The molecule has 0 aliphatic carbocycles. The molecule has 3 rings (SSSR count). The van der Waals surface area contributed by atoms with E-state index in [0.717, 1.165) is 5.69 Å². The van der Waals surface area contributed by atoms with Crippen molar-refractivity contribution in [3.05, 3.63) is 58.9 Å². The van der Waals surface area contributed by atoms with Gasteiger partial charge in [0.05, 0.1) is 46.1 Å². The quantitative estimate of drug-likeness (QED) is 0.290.